The molecule has 0 aromatic heterocycles. The summed E-state index contributed by atoms with van der Waals surface area (Å²) >= 11 is 0. The molecule has 1 aliphatic rings. The second-order valence-corrected chi connectivity index (χ2v) is 6.28. The van der Waals surface area contributed by atoms with Crippen LogP contribution in [0.25, 0.3) is 0 Å². The van der Waals surface area contributed by atoms with E-state index in [0.29, 0.717) is 11.5 Å². The Balaban J connectivity index is 2.02. The molecule has 1 fully saturated rings. The Bertz CT molecular complexity index is 551. The van der Waals surface area contributed by atoms with Crippen molar-refractivity contribution in [1.82, 2.24) is 0 Å². The summed E-state index contributed by atoms with van der Waals surface area (Å²) in [6, 6.07) is 6.29. The lowest BCUT2D eigenvalue weighted by Gasteiger charge is -2.35. The Morgan fingerprint density at radius 2 is 2.00 bits per heavy atom. The topological polar surface area (TPSA) is 86.0 Å². The molecule has 0 aliphatic carbocycles. The number of hydrogen-bond donors (Lipinski definition) is 1. The molecule has 1 saturated heterocycles. The summed E-state index contributed by atoms with van der Waals surface area (Å²) in [5.74, 6) is -0.0685. The number of nitrogens with zero attached hydrogens (tertiary/aromatic N) is 1. The van der Waals surface area contributed by atoms with E-state index >= 15 is 0 Å². The van der Waals surface area contributed by atoms with Crippen molar-refractivity contribution in [2.24, 2.45) is 5.92 Å². The highest BCUT2D eigenvalue weighted by Crippen LogP contribution is 2.28. The van der Waals surface area contributed by atoms with Crippen LogP contribution in [-0.2, 0) is 16.0 Å². The summed E-state index contributed by atoms with van der Waals surface area (Å²) in [6.07, 6.45) is 1.97. The summed E-state index contributed by atoms with van der Waals surface area (Å²) in [7, 11) is 0. The average Bonchev–Trinajstić information content (AvgIpc) is 2.48. The molecule has 1 heterocycles. The Labute approximate surface area is 130 Å². The zero-order valence-corrected chi connectivity index (χ0v) is 13.1. The van der Waals surface area contributed by atoms with Crippen LogP contribution in [-0.4, -0.2) is 29.6 Å². The minimum atomic E-state index is -0.533. The first-order valence-corrected chi connectivity index (χ1v) is 7.66. The number of rotatable bonds is 5. The maximum Gasteiger partial charge on any atom is 0.311 e. The van der Waals surface area contributed by atoms with E-state index < -0.39 is 16.5 Å². The van der Waals surface area contributed by atoms with E-state index in [1.165, 1.54) is 6.07 Å². The van der Waals surface area contributed by atoms with E-state index in [1.54, 1.807) is 18.2 Å². The lowest BCUT2D eigenvalue weighted by molar-refractivity contribution is -0.665. The number of esters is 1. The van der Waals surface area contributed by atoms with Crippen molar-refractivity contribution in [3.8, 4) is 0 Å². The summed E-state index contributed by atoms with van der Waals surface area (Å²) in [5, 5.41) is 13.3. The first-order chi connectivity index (χ1) is 10.4. The van der Waals surface area contributed by atoms with Gasteiger partial charge in [0.15, 0.2) is 0 Å². The third kappa shape index (κ3) is 4.04. The van der Waals surface area contributed by atoms with Crippen LogP contribution in [0.1, 0.15) is 32.3 Å². The number of quaternary nitrogens is 1. The Morgan fingerprint density at radius 3 is 2.64 bits per heavy atom. The third-order valence-electron chi connectivity index (χ3n) is 4.32. The standard InChI is InChI=1S/C16H22N2O4/c1-16(2,13-7-9-17-10-8-13)22-15(19)11-12-5-3-4-6-14(12)18(20)21/h3-6,13,17H,7-11H2,1-2H3/p+1. The van der Waals surface area contributed by atoms with Gasteiger partial charge in [-0.3, -0.25) is 14.9 Å². The van der Waals surface area contributed by atoms with Crippen LogP contribution in [0.2, 0.25) is 0 Å². The third-order valence-corrected chi connectivity index (χ3v) is 4.32. The van der Waals surface area contributed by atoms with E-state index in [9.17, 15) is 14.9 Å². The van der Waals surface area contributed by atoms with Crippen LogP contribution in [0, 0.1) is 16.0 Å². The predicted octanol–water partition coefficient (Wildman–Crippen LogP) is 1.43. The molecule has 2 rings (SSSR count). The molecule has 0 amide bonds. The summed E-state index contributed by atoms with van der Waals surface area (Å²) in [5.41, 5.74) is -0.177. The van der Waals surface area contributed by atoms with Gasteiger partial charge in [-0.1, -0.05) is 18.2 Å². The summed E-state index contributed by atoms with van der Waals surface area (Å²) < 4.78 is 5.64. The fraction of sp³-hybridized carbons (Fsp3) is 0.562. The van der Waals surface area contributed by atoms with Gasteiger partial charge in [0.2, 0.25) is 0 Å². The number of nitrogens with two attached hydrogens (primary N) is 1. The van der Waals surface area contributed by atoms with Crippen molar-refractivity contribution < 1.29 is 19.8 Å². The van der Waals surface area contributed by atoms with E-state index in [-0.39, 0.29) is 12.1 Å². The molecule has 1 aromatic carbocycles. The maximum absolute atomic E-state index is 12.2. The van der Waals surface area contributed by atoms with Crippen LogP contribution in [0.5, 0.6) is 0 Å². The molecule has 1 aromatic rings. The fourth-order valence-corrected chi connectivity index (χ4v) is 3.03. The van der Waals surface area contributed by atoms with Gasteiger partial charge in [-0.2, -0.15) is 0 Å². The molecule has 6 heteroatoms. The van der Waals surface area contributed by atoms with E-state index in [2.05, 4.69) is 5.32 Å². The second-order valence-electron chi connectivity index (χ2n) is 6.28. The van der Waals surface area contributed by atoms with Crippen molar-refractivity contribution in [2.75, 3.05) is 13.1 Å². The highest BCUT2D eigenvalue weighted by atomic mass is 16.6. The lowest BCUT2D eigenvalue weighted by Crippen LogP contribution is -2.86. The molecule has 1 aliphatic heterocycles. The monoisotopic (exact) mass is 307 g/mol. The molecule has 0 bridgehead atoms. The van der Waals surface area contributed by atoms with Crippen LogP contribution in [0.4, 0.5) is 5.69 Å². The molecular formula is C16H23N2O4+. The van der Waals surface area contributed by atoms with Gasteiger partial charge in [-0.15, -0.1) is 0 Å². The predicted molar refractivity (Wildman–Crippen MR) is 81.4 cm³/mol. The van der Waals surface area contributed by atoms with Gasteiger partial charge < -0.3 is 10.1 Å². The van der Waals surface area contributed by atoms with Gasteiger partial charge in [0.1, 0.15) is 5.60 Å². The molecule has 0 unspecified atom stereocenters. The first-order valence-electron chi connectivity index (χ1n) is 7.66. The van der Waals surface area contributed by atoms with Gasteiger partial charge >= 0.3 is 5.97 Å². The molecule has 0 radical (unpaired) electrons. The maximum atomic E-state index is 12.2. The van der Waals surface area contributed by atoms with Gasteiger partial charge in [0, 0.05) is 30.4 Å². The van der Waals surface area contributed by atoms with E-state index in [1.807, 2.05) is 13.8 Å². The minimum absolute atomic E-state index is 0.0375. The number of para-hydroxylation sites is 1. The zero-order chi connectivity index (χ0) is 16.2. The van der Waals surface area contributed by atoms with Gasteiger partial charge in [-0.05, 0) is 13.8 Å². The number of nitro groups is 1. The molecular weight excluding hydrogens is 284 g/mol. The normalized spacial score (nSPS) is 16.3. The van der Waals surface area contributed by atoms with Crippen molar-refractivity contribution in [2.45, 2.75) is 38.7 Å². The highest BCUT2D eigenvalue weighted by Gasteiger charge is 2.35. The minimum Gasteiger partial charge on any atom is -0.459 e. The molecule has 6 nitrogen and oxygen atoms in total. The fourth-order valence-electron chi connectivity index (χ4n) is 3.03. The zero-order valence-electron chi connectivity index (χ0n) is 13.1. The quantitative estimate of drug-likeness (QED) is 0.506. The number of carbonyl (C=O) groups is 1. The smallest absolute Gasteiger partial charge is 0.311 e. The number of hydrogen-bond acceptors (Lipinski definition) is 4. The second kappa shape index (κ2) is 6.87. The van der Waals surface area contributed by atoms with Crippen LogP contribution < -0.4 is 5.32 Å². The number of piperidine rings is 1. The largest absolute Gasteiger partial charge is 0.459 e. The first kappa shape index (κ1) is 16.4. The summed E-state index contributed by atoms with van der Waals surface area (Å²) in [6.45, 7) is 5.96. The molecule has 0 saturated carbocycles. The SMILES string of the molecule is CC(C)(OC(=O)Cc1ccccc1[N+](=O)[O-])C1CC[NH2+]CC1. The Kier molecular flexibility index (Phi) is 5.13. The van der Waals surface area contributed by atoms with E-state index in [4.69, 9.17) is 4.74 Å². The molecule has 120 valence electrons. The Morgan fingerprint density at radius 1 is 1.36 bits per heavy atom. The van der Waals surface area contributed by atoms with Gasteiger partial charge in [0.25, 0.3) is 5.69 Å². The van der Waals surface area contributed by atoms with Crippen molar-refractivity contribution in [3.63, 3.8) is 0 Å². The Hall–Kier alpha value is -1.95. The van der Waals surface area contributed by atoms with E-state index in [0.717, 1.165) is 25.9 Å². The van der Waals surface area contributed by atoms with Crippen LogP contribution in [0.3, 0.4) is 0 Å². The summed E-state index contributed by atoms with van der Waals surface area (Å²) in [4.78, 5) is 22.7. The van der Waals surface area contributed by atoms with Gasteiger partial charge in [0.05, 0.1) is 24.4 Å². The van der Waals surface area contributed by atoms with Gasteiger partial charge in [-0.25, -0.2) is 0 Å². The van der Waals surface area contributed by atoms with Crippen LogP contribution >= 0.6 is 0 Å². The van der Waals surface area contributed by atoms with Crippen molar-refractivity contribution >= 4 is 11.7 Å². The molecule has 22 heavy (non-hydrogen) atoms. The average molecular weight is 307 g/mol. The molecule has 0 atom stereocenters. The lowest BCUT2D eigenvalue weighted by atomic mass is 9.83. The van der Waals surface area contributed by atoms with Crippen LogP contribution in [0.15, 0.2) is 24.3 Å². The highest BCUT2D eigenvalue weighted by molar-refractivity contribution is 5.74. The molecule has 2 N–H and O–H groups in total. The number of carbonyl (C=O) groups excluding carboxylic acids is 1. The van der Waals surface area contributed by atoms with Crippen molar-refractivity contribution in [1.29, 1.82) is 0 Å². The number of ether oxygens (including phenoxy) is 1. The van der Waals surface area contributed by atoms with Crippen molar-refractivity contribution in [3.05, 3.63) is 39.9 Å². The number of nitro benzene ring substituents is 1. The molecule has 0 spiro atoms. The number of benzene rings is 1.